The number of nitrogens with one attached hydrogen (secondary N) is 4. The van der Waals surface area contributed by atoms with Gasteiger partial charge in [-0.3, -0.25) is 9.59 Å². The lowest BCUT2D eigenvalue weighted by molar-refractivity contribution is -0.137. The molecule has 1 saturated carbocycles. The van der Waals surface area contributed by atoms with Gasteiger partial charge >= 0.3 is 6.18 Å². The van der Waals surface area contributed by atoms with E-state index in [4.69, 9.17) is 0 Å². The van der Waals surface area contributed by atoms with Crippen molar-refractivity contribution in [3.8, 4) is 0 Å². The van der Waals surface area contributed by atoms with Crippen LogP contribution in [0.1, 0.15) is 45.6 Å². The van der Waals surface area contributed by atoms with Gasteiger partial charge in [-0.15, -0.1) is 0 Å². The average Bonchev–Trinajstić information content (AvgIpc) is 3.16. The molecule has 1 aliphatic carbocycles. The van der Waals surface area contributed by atoms with Crippen LogP contribution in [0.3, 0.4) is 0 Å². The van der Waals surface area contributed by atoms with Gasteiger partial charge in [-0.25, -0.2) is 4.98 Å². The summed E-state index contributed by atoms with van der Waals surface area (Å²) in [5, 5.41) is 11.2. The summed E-state index contributed by atoms with van der Waals surface area (Å²) in [6.45, 7) is 5.06. The molecule has 1 aromatic heterocycles. The van der Waals surface area contributed by atoms with Crippen molar-refractivity contribution < 1.29 is 22.8 Å². The molecule has 0 spiro atoms. The van der Waals surface area contributed by atoms with E-state index in [1.165, 1.54) is 6.92 Å². The summed E-state index contributed by atoms with van der Waals surface area (Å²) in [5.74, 6) is -1.24. The first-order valence-corrected chi connectivity index (χ1v) is 10.7. The molecule has 1 aliphatic rings. The SMILES string of the molecule is CC(=O)Nc1ccc(Nc2ncc(C(F)(F)F)c(N[C@@H]3CCC[C@@H]3C(=O)NC(C)C)n2)cc1. The second-order valence-corrected chi connectivity index (χ2v) is 8.29. The lowest BCUT2D eigenvalue weighted by atomic mass is 10.0. The average molecular weight is 464 g/mol. The first kappa shape index (κ1) is 24.3. The highest BCUT2D eigenvalue weighted by molar-refractivity contribution is 5.88. The van der Waals surface area contributed by atoms with E-state index in [0.29, 0.717) is 24.2 Å². The van der Waals surface area contributed by atoms with Crippen LogP contribution in [0.25, 0.3) is 0 Å². The molecule has 2 atom stereocenters. The molecule has 33 heavy (non-hydrogen) atoms. The Labute approximate surface area is 189 Å². The van der Waals surface area contributed by atoms with Crippen LogP contribution >= 0.6 is 0 Å². The number of carbonyl (C=O) groups excluding carboxylic acids is 2. The van der Waals surface area contributed by atoms with Gasteiger partial charge in [0.15, 0.2) is 0 Å². The molecule has 2 amide bonds. The summed E-state index contributed by atoms with van der Waals surface area (Å²) in [7, 11) is 0. The lowest BCUT2D eigenvalue weighted by Crippen LogP contribution is -2.41. The molecule has 4 N–H and O–H groups in total. The van der Waals surface area contributed by atoms with Crippen LogP contribution in [-0.2, 0) is 15.8 Å². The van der Waals surface area contributed by atoms with Crippen molar-refractivity contribution >= 4 is 35.0 Å². The summed E-state index contributed by atoms with van der Waals surface area (Å²) in [6, 6.07) is 6.04. The Bertz CT molecular complexity index is 995. The molecule has 0 radical (unpaired) electrons. The van der Waals surface area contributed by atoms with Crippen LogP contribution < -0.4 is 21.3 Å². The minimum Gasteiger partial charge on any atom is -0.366 e. The van der Waals surface area contributed by atoms with Crippen LogP contribution in [0, 0.1) is 5.92 Å². The van der Waals surface area contributed by atoms with Crippen LogP contribution in [0.4, 0.5) is 36.3 Å². The fraction of sp³-hybridized carbons (Fsp3) is 0.455. The maximum Gasteiger partial charge on any atom is 0.421 e. The maximum atomic E-state index is 13.6. The van der Waals surface area contributed by atoms with Crippen LogP contribution in [-0.4, -0.2) is 33.9 Å². The Morgan fingerprint density at radius 1 is 1.09 bits per heavy atom. The lowest BCUT2D eigenvalue weighted by Gasteiger charge is -2.24. The molecular weight excluding hydrogens is 437 g/mol. The number of hydrogen-bond donors (Lipinski definition) is 4. The van der Waals surface area contributed by atoms with E-state index in [1.807, 2.05) is 13.8 Å². The molecule has 3 rings (SSSR count). The molecular formula is C22H27F3N6O2. The van der Waals surface area contributed by atoms with Gasteiger partial charge in [-0.2, -0.15) is 18.2 Å². The predicted molar refractivity (Wildman–Crippen MR) is 119 cm³/mol. The number of hydrogen-bond acceptors (Lipinski definition) is 6. The Kier molecular flexibility index (Phi) is 7.39. The first-order chi connectivity index (χ1) is 15.5. The van der Waals surface area contributed by atoms with Crippen LogP contribution in [0.2, 0.25) is 0 Å². The molecule has 0 saturated heterocycles. The predicted octanol–water partition coefficient (Wildman–Crippen LogP) is 4.30. The minimum atomic E-state index is -4.66. The van der Waals surface area contributed by atoms with Crippen molar-refractivity contribution in [2.75, 3.05) is 16.0 Å². The summed E-state index contributed by atoms with van der Waals surface area (Å²) in [6.07, 6.45) is -2.05. The number of benzene rings is 1. The van der Waals surface area contributed by atoms with E-state index in [0.717, 1.165) is 12.6 Å². The highest BCUT2D eigenvalue weighted by atomic mass is 19.4. The highest BCUT2D eigenvalue weighted by Crippen LogP contribution is 2.36. The van der Waals surface area contributed by atoms with E-state index in [1.54, 1.807) is 24.3 Å². The molecule has 11 heteroatoms. The van der Waals surface area contributed by atoms with Crippen molar-refractivity contribution in [3.05, 3.63) is 36.0 Å². The number of halogens is 3. The topological polar surface area (TPSA) is 108 Å². The van der Waals surface area contributed by atoms with Crippen molar-refractivity contribution in [3.63, 3.8) is 0 Å². The molecule has 0 aliphatic heterocycles. The largest absolute Gasteiger partial charge is 0.421 e. The van der Waals surface area contributed by atoms with Crippen LogP contribution in [0.5, 0.6) is 0 Å². The summed E-state index contributed by atoms with van der Waals surface area (Å²) < 4.78 is 40.8. The van der Waals surface area contributed by atoms with Crippen molar-refractivity contribution in [1.29, 1.82) is 0 Å². The Hall–Kier alpha value is -3.37. The van der Waals surface area contributed by atoms with Gasteiger partial charge in [0.25, 0.3) is 0 Å². The molecule has 0 unspecified atom stereocenters. The Morgan fingerprint density at radius 3 is 2.36 bits per heavy atom. The zero-order chi connectivity index (χ0) is 24.2. The molecule has 0 bridgehead atoms. The second-order valence-electron chi connectivity index (χ2n) is 8.29. The third-order valence-electron chi connectivity index (χ3n) is 5.16. The number of carbonyl (C=O) groups is 2. The molecule has 178 valence electrons. The van der Waals surface area contributed by atoms with Crippen molar-refractivity contribution in [1.82, 2.24) is 15.3 Å². The van der Waals surface area contributed by atoms with E-state index in [-0.39, 0.29) is 29.6 Å². The van der Waals surface area contributed by atoms with Crippen molar-refractivity contribution in [2.45, 2.75) is 58.3 Å². The van der Waals surface area contributed by atoms with Gasteiger partial charge in [0.2, 0.25) is 17.8 Å². The Morgan fingerprint density at radius 2 is 1.76 bits per heavy atom. The smallest absolute Gasteiger partial charge is 0.366 e. The molecule has 2 aromatic rings. The third-order valence-corrected chi connectivity index (χ3v) is 5.16. The van der Waals surface area contributed by atoms with Gasteiger partial charge in [-0.05, 0) is 51.0 Å². The van der Waals surface area contributed by atoms with E-state index in [9.17, 15) is 22.8 Å². The van der Waals surface area contributed by atoms with Gasteiger partial charge in [0.1, 0.15) is 11.4 Å². The molecule has 8 nitrogen and oxygen atoms in total. The van der Waals surface area contributed by atoms with Gasteiger partial charge in [0.05, 0.1) is 5.92 Å². The quantitative estimate of drug-likeness (QED) is 0.487. The zero-order valence-electron chi connectivity index (χ0n) is 18.6. The van der Waals surface area contributed by atoms with Crippen LogP contribution in [0.15, 0.2) is 30.5 Å². The van der Waals surface area contributed by atoms with Crippen molar-refractivity contribution in [2.24, 2.45) is 5.92 Å². The Balaban J connectivity index is 1.82. The standard InChI is InChI=1S/C22H27F3N6O2/c1-12(2)27-20(33)16-5-4-6-18(16)30-19-17(22(23,24)25)11-26-21(31-19)29-15-9-7-14(8-10-15)28-13(3)32/h7-12,16,18H,4-6H2,1-3H3,(H,27,33)(H,28,32)(H2,26,29,30,31)/t16-,18+/m0/s1. The minimum absolute atomic E-state index is 0.0287. The number of alkyl halides is 3. The fourth-order valence-corrected chi connectivity index (χ4v) is 3.74. The number of aromatic nitrogens is 2. The van der Waals surface area contributed by atoms with E-state index in [2.05, 4.69) is 31.2 Å². The number of nitrogens with zero attached hydrogens (tertiary/aromatic N) is 2. The number of amides is 2. The number of anilines is 4. The molecule has 1 aromatic carbocycles. The molecule has 1 fully saturated rings. The maximum absolute atomic E-state index is 13.6. The normalized spacial score (nSPS) is 18.2. The summed E-state index contributed by atoms with van der Waals surface area (Å²) >= 11 is 0. The summed E-state index contributed by atoms with van der Waals surface area (Å²) in [5.41, 5.74) is 0.115. The second kappa shape index (κ2) is 10.1. The van der Waals surface area contributed by atoms with Gasteiger partial charge in [-0.1, -0.05) is 6.42 Å². The van der Waals surface area contributed by atoms with Gasteiger partial charge < -0.3 is 21.3 Å². The third kappa shape index (κ3) is 6.56. The fourth-order valence-electron chi connectivity index (χ4n) is 3.74. The monoisotopic (exact) mass is 464 g/mol. The van der Waals surface area contributed by atoms with Gasteiger partial charge in [0, 0.05) is 36.6 Å². The van der Waals surface area contributed by atoms with E-state index >= 15 is 0 Å². The molecule has 1 heterocycles. The zero-order valence-corrected chi connectivity index (χ0v) is 18.6. The summed E-state index contributed by atoms with van der Waals surface area (Å²) in [4.78, 5) is 31.5. The number of rotatable bonds is 7. The van der Waals surface area contributed by atoms with E-state index < -0.39 is 23.7 Å². The first-order valence-electron chi connectivity index (χ1n) is 10.7. The highest BCUT2D eigenvalue weighted by Gasteiger charge is 2.38.